The number of carbonyl (C=O) groups is 5. The van der Waals surface area contributed by atoms with E-state index in [1.807, 2.05) is 6.92 Å². The van der Waals surface area contributed by atoms with Crippen LogP contribution in [0.1, 0.15) is 53.3 Å². The summed E-state index contributed by atoms with van der Waals surface area (Å²) >= 11 is 0. The zero-order chi connectivity index (χ0) is 26.6. The van der Waals surface area contributed by atoms with Gasteiger partial charge in [0, 0.05) is 26.0 Å². The quantitative estimate of drug-likeness (QED) is 0.234. The molecule has 12 heteroatoms. The molecule has 2 aliphatic rings. The van der Waals surface area contributed by atoms with Crippen molar-refractivity contribution in [2.24, 2.45) is 0 Å². The fraction of sp³-hybridized carbons (Fsp3) is 0.560. The van der Waals surface area contributed by atoms with Gasteiger partial charge in [-0.15, -0.1) is 0 Å². The number of piperidine rings is 1. The lowest BCUT2D eigenvalue weighted by Gasteiger charge is -2.27. The van der Waals surface area contributed by atoms with Crippen LogP contribution < -0.4 is 15.4 Å². The summed E-state index contributed by atoms with van der Waals surface area (Å²) in [4.78, 5) is 62.4. The first-order valence-corrected chi connectivity index (χ1v) is 12.4. The third kappa shape index (κ3) is 7.81. The number of nitrogens with zero attached hydrogens (tertiary/aromatic N) is 1. The fourth-order valence-corrected chi connectivity index (χ4v) is 3.92. The van der Waals surface area contributed by atoms with Gasteiger partial charge in [-0.2, -0.15) is 0 Å². The highest BCUT2D eigenvalue weighted by molar-refractivity contribution is 6.24. The monoisotopic (exact) mass is 519 g/mol. The van der Waals surface area contributed by atoms with Gasteiger partial charge in [0.15, 0.2) is 0 Å². The highest BCUT2D eigenvalue weighted by atomic mass is 16.5. The molecule has 1 saturated heterocycles. The van der Waals surface area contributed by atoms with Crippen LogP contribution in [-0.2, 0) is 28.6 Å². The van der Waals surface area contributed by atoms with Gasteiger partial charge in [-0.25, -0.2) is 0 Å². The average molecular weight is 520 g/mol. The van der Waals surface area contributed by atoms with Gasteiger partial charge < -0.3 is 24.3 Å². The molecule has 1 fully saturated rings. The molecule has 1 unspecified atom stereocenters. The van der Waals surface area contributed by atoms with E-state index in [2.05, 4.69) is 10.6 Å². The Balaban J connectivity index is 1.36. The first-order chi connectivity index (χ1) is 17.9. The summed E-state index contributed by atoms with van der Waals surface area (Å²) in [5, 5.41) is 4.94. The van der Waals surface area contributed by atoms with Gasteiger partial charge in [0.1, 0.15) is 11.8 Å². The van der Waals surface area contributed by atoms with E-state index in [0.29, 0.717) is 46.0 Å². The number of carbonyl (C=O) groups excluding carboxylic acids is 5. The largest absolute Gasteiger partial charge is 0.493 e. The minimum Gasteiger partial charge on any atom is -0.493 e. The molecule has 1 atom stereocenters. The molecule has 2 heterocycles. The van der Waals surface area contributed by atoms with Gasteiger partial charge in [-0.05, 0) is 31.9 Å². The van der Waals surface area contributed by atoms with E-state index in [1.54, 1.807) is 12.1 Å². The summed E-state index contributed by atoms with van der Waals surface area (Å²) in [5.74, 6) is -2.24. The van der Waals surface area contributed by atoms with Crippen LogP contribution in [0.2, 0.25) is 0 Å². The Morgan fingerprint density at radius 3 is 2.46 bits per heavy atom. The molecule has 0 aromatic heterocycles. The van der Waals surface area contributed by atoms with E-state index in [4.69, 9.17) is 18.9 Å². The second-order valence-corrected chi connectivity index (χ2v) is 8.35. The molecule has 2 N–H and O–H groups in total. The molecule has 0 saturated carbocycles. The van der Waals surface area contributed by atoms with Crippen LogP contribution >= 0.6 is 0 Å². The van der Waals surface area contributed by atoms with Gasteiger partial charge in [-0.3, -0.25) is 34.2 Å². The number of benzene rings is 1. The number of nitrogens with one attached hydrogen (secondary N) is 2. The highest BCUT2D eigenvalue weighted by Crippen LogP contribution is 2.33. The molecule has 37 heavy (non-hydrogen) atoms. The number of fused-ring (bicyclic) bond motifs is 1. The summed E-state index contributed by atoms with van der Waals surface area (Å²) in [5.41, 5.74) is 0.250. The third-order valence-corrected chi connectivity index (χ3v) is 5.75. The van der Waals surface area contributed by atoms with E-state index in [9.17, 15) is 24.0 Å². The smallest absolute Gasteiger partial charge is 0.266 e. The van der Waals surface area contributed by atoms with Crippen molar-refractivity contribution in [2.45, 2.75) is 38.6 Å². The maximum absolute atomic E-state index is 13.0. The molecule has 0 aliphatic carbocycles. The minimum absolute atomic E-state index is 0.0500. The molecule has 0 spiro atoms. The summed E-state index contributed by atoms with van der Waals surface area (Å²) in [6, 6.07) is 3.64. The van der Waals surface area contributed by atoms with Crippen LogP contribution in [0.25, 0.3) is 0 Å². The number of ether oxygens (including phenoxy) is 4. The van der Waals surface area contributed by atoms with Crippen LogP contribution in [0.15, 0.2) is 18.2 Å². The first kappa shape index (κ1) is 28.2. The predicted octanol–water partition coefficient (Wildman–Crippen LogP) is 0.433. The van der Waals surface area contributed by atoms with Crippen molar-refractivity contribution in [1.29, 1.82) is 0 Å². The Morgan fingerprint density at radius 1 is 1.00 bits per heavy atom. The standard InChI is InChI=1S/C25H33N3O9/c1-2-34-13-14-36-16-15-35-12-9-20(29)26-10-4-11-37-19-6-3-5-17-22(19)25(33)28(24(17)32)18-7-8-21(30)27-23(18)31/h3,5-6,18H,2,4,7-16H2,1H3,(H,26,29)(H,27,30,31). The van der Waals surface area contributed by atoms with Crippen molar-refractivity contribution in [3.63, 3.8) is 0 Å². The SMILES string of the molecule is CCOCCOCCOCCC(=O)NCCCOc1cccc2c1C(=O)N(C1CCC(=O)NC1=O)C2=O. The fourth-order valence-electron chi connectivity index (χ4n) is 3.92. The number of hydrogen-bond acceptors (Lipinski definition) is 9. The Hall–Kier alpha value is -3.35. The average Bonchev–Trinajstić information content (AvgIpc) is 3.13. The Labute approximate surface area is 214 Å². The normalized spacial score (nSPS) is 17.1. The Kier molecular flexibility index (Phi) is 11.0. The summed E-state index contributed by atoms with van der Waals surface area (Å²) in [6.45, 7) is 5.32. The summed E-state index contributed by atoms with van der Waals surface area (Å²) in [6.07, 6.45) is 0.829. The molecule has 5 amide bonds. The summed E-state index contributed by atoms with van der Waals surface area (Å²) in [7, 11) is 0. The molecule has 0 bridgehead atoms. The van der Waals surface area contributed by atoms with Gasteiger partial charge in [0.25, 0.3) is 11.8 Å². The first-order valence-electron chi connectivity index (χ1n) is 12.4. The lowest BCUT2D eigenvalue weighted by Crippen LogP contribution is -2.54. The van der Waals surface area contributed by atoms with Gasteiger partial charge in [-0.1, -0.05) is 6.07 Å². The number of imide groups is 2. The second kappa shape index (κ2) is 14.4. The van der Waals surface area contributed by atoms with E-state index in [-0.39, 0.29) is 55.3 Å². The number of rotatable bonds is 16. The van der Waals surface area contributed by atoms with Gasteiger partial charge >= 0.3 is 0 Å². The topological polar surface area (TPSA) is 150 Å². The van der Waals surface area contributed by atoms with Crippen molar-refractivity contribution in [2.75, 3.05) is 52.8 Å². The van der Waals surface area contributed by atoms with Crippen molar-refractivity contribution in [3.8, 4) is 5.75 Å². The van der Waals surface area contributed by atoms with E-state index in [0.717, 1.165) is 4.90 Å². The van der Waals surface area contributed by atoms with Crippen LogP contribution in [-0.4, -0.2) is 93.3 Å². The minimum atomic E-state index is -1.04. The zero-order valence-corrected chi connectivity index (χ0v) is 20.9. The molecule has 0 radical (unpaired) electrons. The van der Waals surface area contributed by atoms with Crippen molar-refractivity contribution in [3.05, 3.63) is 29.3 Å². The third-order valence-electron chi connectivity index (χ3n) is 5.75. The highest BCUT2D eigenvalue weighted by Gasteiger charge is 2.45. The van der Waals surface area contributed by atoms with E-state index < -0.39 is 29.7 Å². The van der Waals surface area contributed by atoms with E-state index >= 15 is 0 Å². The lowest BCUT2D eigenvalue weighted by molar-refractivity contribution is -0.136. The second-order valence-electron chi connectivity index (χ2n) is 8.35. The molecule has 3 rings (SSSR count). The van der Waals surface area contributed by atoms with Crippen LogP contribution in [0.4, 0.5) is 0 Å². The van der Waals surface area contributed by atoms with Crippen molar-refractivity contribution >= 4 is 29.5 Å². The number of hydrogen-bond donors (Lipinski definition) is 2. The Morgan fingerprint density at radius 2 is 1.73 bits per heavy atom. The lowest BCUT2D eigenvalue weighted by atomic mass is 10.0. The molecule has 1 aromatic carbocycles. The van der Waals surface area contributed by atoms with Crippen LogP contribution in [0, 0.1) is 0 Å². The summed E-state index contributed by atoms with van der Waals surface area (Å²) < 4.78 is 21.6. The van der Waals surface area contributed by atoms with E-state index in [1.165, 1.54) is 6.07 Å². The predicted molar refractivity (Wildman–Crippen MR) is 129 cm³/mol. The Bertz CT molecular complexity index is 998. The molecule has 202 valence electrons. The molecular weight excluding hydrogens is 486 g/mol. The maximum Gasteiger partial charge on any atom is 0.266 e. The zero-order valence-electron chi connectivity index (χ0n) is 20.9. The molecule has 2 aliphatic heterocycles. The van der Waals surface area contributed by atoms with Crippen molar-refractivity contribution in [1.82, 2.24) is 15.5 Å². The molecule has 12 nitrogen and oxygen atoms in total. The number of amides is 5. The van der Waals surface area contributed by atoms with Crippen LogP contribution in [0.3, 0.4) is 0 Å². The van der Waals surface area contributed by atoms with Gasteiger partial charge in [0.05, 0.1) is 50.8 Å². The maximum atomic E-state index is 13.0. The van der Waals surface area contributed by atoms with Crippen molar-refractivity contribution < 1.29 is 42.9 Å². The molecule has 1 aromatic rings. The van der Waals surface area contributed by atoms with Gasteiger partial charge in [0.2, 0.25) is 17.7 Å². The van der Waals surface area contributed by atoms with Crippen LogP contribution in [0.5, 0.6) is 5.75 Å². The molecular formula is C25H33N3O9.